The highest BCUT2D eigenvalue weighted by atomic mass is 79.9. The summed E-state index contributed by atoms with van der Waals surface area (Å²) in [4.78, 5) is 15.0. The molecule has 2 aromatic carbocycles. The first-order valence-electron chi connectivity index (χ1n) is 9.00. The largest absolute Gasteiger partial charge is 0.345 e. The number of nitrogens with one attached hydrogen (secondary N) is 1. The fourth-order valence-corrected chi connectivity index (χ4v) is 3.95. The molecule has 0 aliphatic carbocycles. The van der Waals surface area contributed by atoms with Crippen LogP contribution >= 0.6 is 15.9 Å². The van der Waals surface area contributed by atoms with Crippen molar-refractivity contribution < 1.29 is 4.79 Å². The maximum Gasteiger partial charge on any atom is 0.251 e. The van der Waals surface area contributed by atoms with Gasteiger partial charge in [-0.15, -0.1) is 0 Å². The van der Waals surface area contributed by atoms with Crippen LogP contribution in [0.4, 0.5) is 0 Å². The van der Waals surface area contributed by atoms with E-state index in [4.69, 9.17) is 0 Å². The number of likely N-dealkylation sites (tertiary alicyclic amines) is 1. The minimum absolute atomic E-state index is 0.0345. The normalized spacial score (nSPS) is 16.4. The predicted molar refractivity (Wildman–Crippen MR) is 106 cm³/mol. The van der Waals surface area contributed by atoms with Crippen molar-refractivity contribution in [3.05, 3.63) is 69.7 Å². The number of halogens is 1. The van der Waals surface area contributed by atoms with Gasteiger partial charge in [0, 0.05) is 16.6 Å². The van der Waals surface area contributed by atoms with E-state index in [1.165, 1.54) is 37.9 Å². The lowest BCUT2D eigenvalue weighted by atomic mass is 10.1. The van der Waals surface area contributed by atoms with E-state index in [2.05, 4.69) is 38.3 Å². The number of rotatable bonds is 5. The van der Waals surface area contributed by atoms with Gasteiger partial charge < -0.3 is 5.32 Å². The van der Waals surface area contributed by atoms with Crippen molar-refractivity contribution in [3.63, 3.8) is 0 Å². The summed E-state index contributed by atoms with van der Waals surface area (Å²) in [7, 11) is 0. The number of hydrogen-bond donors (Lipinski definition) is 1. The Balaban J connectivity index is 1.59. The molecule has 132 valence electrons. The highest BCUT2D eigenvalue weighted by Gasteiger charge is 2.14. The van der Waals surface area contributed by atoms with Crippen molar-refractivity contribution in [1.82, 2.24) is 10.2 Å². The summed E-state index contributed by atoms with van der Waals surface area (Å²) in [6.45, 7) is 5.36. The summed E-state index contributed by atoms with van der Waals surface area (Å²) in [6, 6.07) is 15.9. The van der Waals surface area contributed by atoms with Gasteiger partial charge in [-0.3, -0.25) is 9.69 Å². The van der Waals surface area contributed by atoms with E-state index in [0.717, 1.165) is 16.6 Å². The Bertz CT molecular complexity index is 708. The molecule has 0 bridgehead atoms. The summed E-state index contributed by atoms with van der Waals surface area (Å²) < 4.78 is 1.01. The minimum atomic E-state index is -0.0453. The predicted octanol–water partition coefficient (Wildman–Crippen LogP) is 4.93. The van der Waals surface area contributed by atoms with Crippen molar-refractivity contribution >= 4 is 21.8 Å². The summed E-state index contributed by atoms with van der Waals surface area (Å²) >= 11 is 3.54. The molecule has 0 aromatic heterocycles. The molecule has 1 aliphatic heterocycles. The molecule has 1 aliphatic rings. The molecule has 3 rings (SSSR count). The summed E-state index contributed by atoms with van der Waals surface area (Å²) in [5.74, 6) is -0.0345. The zero-order chi connectivity index (χ0) is 17.6. The second-order valence-corrected chi connectivity index (χ2v) is 7.60. The number of piperidine rings is 1. The van der Waals surface area contributed by atoms with E-state index in [1.54, 1.807) is 0 Å². The van der Waals surface area contributed by atoms with Crippen LogP contribution < -0.4 is 5.32 Å². The van der Waals surface area contributed by atoms with E-state index in [0.29, 0.717) is 5.56 Å². The van der Waals surface area contributed by atoms with Gasteiger partial charge in [-0.25, -0.2) is 0 Å². The number of carbonyl (C=O) groups is 1. The van der Waals surface area contributed by atoms with Gasteiger partial charge in [0.15, 0.2) is 0 Å². The second kappa shape index (κ2) is 8.63. The molecule has 1 amide bonds. The molecule has 0 spiro atoms. The Morgan fingerprint density at radius 3 is 2.44 bits per heavy atom. The van der Waals surface area contributed by atoms with E-state index < -0.39 is 0 Å². The van der Waals surface area contributed by atoms with Crippen LogP contribution in [0.5, 0.6) is 0 Å². The molecule has 0 radical (unpaired) electrons. The molecule has 1 atom stereocenters. The highest BCUT2D eigenvalue weighted by Crippen LogP contribution is 2.23. The van der Waals surface area contributed by atoms with Crippen molar-refractivity contribution in [1.29, 1.82) is 0 Å². The van der Waals surface area contributed by atoms with Gasteiger partial charge in [0.1, 0.15) is 0 Å². The van der Waals surface area contributed by atoms with Crippen LogP contribution in [0, 0.1) is 0 Å². The van der Waals surface area contributed by atoms with Gasteiger partial charge in [-0.2, -0.15) is 0 Å². The van der Waals surface area contributed by atoms with Gasteiger partial charge in [0.05, 0.1) is 6.04 Å². The van der Waals surface area contributed by atoms with Gasteiger partial charge in [0.25, 0.3) is 5.91 Å². The Hall–Kier alpha value is -1.65. The van der Waals surface area contributed by atoms with Gasteiger partial charge >= 0.3 is 0 Å². The maximum absolute atomic E-state index is 12.5. The fraction of sp³-hybridized carbons (Fsp3) is 0.381. The molecule has 25 heavy (non-hydrogen) atoms. The van der Waals surface area contributed by atoms with E-state index in [9.17, 15) is 4.79 Å². The second-order valence-electron chi connectivity index (χ2n) is 6.75. The van der Waals surface area contributed by atoms with Crippen molar-refractivity contribution in [2.24, 2.45) is 0 Å². The first-order chi connectivity index (χ1) is 12.1. The molecule has 3 nitrogen and oxygen atoms in total. The lowest BCUT2D eigenvalue weighted by Gasteiger charge is -2.26. The lowest BCUT2D eigenvalue weighted by molar-refractivity contribution is 0.0939. The summed E-state index contributed by atoms with van der Waals surface area (Å²) in [5, 5.41) is 3.07. The van der Waals surface area contributed by atoms with E-state index in [-0.39, 0.29) is 11.9 Å². The highest BCUT2D eigenvalue weighted by molar-refractivity contribution is 9.10. The topological polar surface area (TPSA) is 32.3 Å². The standard InChI is InChI=1S/C21H25BrN2O/c1-16(19-7-3-4-8-20(19)22)23-21(25)18-11-9-17(10-12-18)15-24-13-5-2-6-14-24/h3-4,7-12,16H,2,5-6,13-15H2,1H3,(H,23,25)/t16-/m0/s1. The first kappa shape index (κ1) is 18.2. The first-order valence-corrected chi connectivity index (χ1v) is 9.79. The van der Waals surface area contributed by atoms with Gasteiger partial charge in [-0.1, -0.05) is 52.7 Å². The number of benzene rings is 2. The number of amides is 1. The molecular weight excluding hydrogens is 376 g/mol. The molecule has 0 unspecified atom stereocenters. The van der Waals surface area contributed by atoms with Crippen molar-refractivity contribution in [2.75, 3.05) is 13.1 Å². The van der Waals surface area contributed by atoms with Crippen LogP contribution in [-0.4, -0.2) is 23.9 Å². The molecule has 1 saturated heterocycles. The molecular formula is C21H25BrN2O. The number of carbonyl (C=O) groups excluding carboxylic acids is 1. The minimum Gasteiger partial charge on any atom is -0.345 e. The smallest absolute Gasteiger partial charge is 0.251 e. The average molecular weight is 401 g/mol. The van der Waals surface area contributed by atoms with Crippen LogP contribution in [0.25, 0.3) is 0 Å². The lowest BCUT2D eigenvalue weighted by Crippen LogP contribution is -2.29. The maximum atomic E-state index is 12.5. The number of hydrogen-bond acceptors (Lipinski definition) is 2. The van der Waals surface area contributed by atoms with Crippen molar-refractivity contribution in [3.8, 4) is 0 Å². The van der Waals surface area contributed by atoms with Crippen molar-refractivity contribution in [2.45, 2.75) is 38.8 Å². The third-order valence-corrected chi connectivity index (χ3v) is 5.51. The molecule has 1 heterocycles. The van der Waals surface area contributed by atoms with Crippen LogP contribution in [-0.2, 0) is 6.54 Å². The summed E-state index contributed by atoms with van der Waals surface area (Å²) in [6.07, 6.45) is 3.95. The summed E-state index contributed by atoms with van der Waals surface area (Å²) in [5.41, 5.74) is 3.07. The Morgan fingerprint density at radius 2 is 1.76 bits per heavy atom. The number of nitrogens with zero attached hydrogens (tertiary/aromatic N) is 1. The quantitative estimate of drug-likeness (QED) is 0.771. The van der Waals surface area contributed by atoms with Gasteiger partial charge in [-0.05, 0) is 62.2 Å². The van der Waals surface area contributed by atoms with Crippen LogP contribution in [0.15, 0.2) is 53.0 Å². The third-order valence-electron chi connectivity index (χ3n) is 4.79. The average Bonchev–Trinajstić information content (AvgIpc) is 2.63. The SMILES string of the molecule is C[C@H](NC(=O)c1ccc(CN2CCCCC2)cc1)c1ccccc1Br. The molecule has 4 heteroatoms. The third kappa shape index (κ3) is 4.93. The van der Waals surface area contributed by atoms with Crippen LogP contribution in [0.2, 0.25) is 0 Å². The monoisotopic (exact) mass is 400 g/mol. The molecule has 0 saturated carbocycles. The van der Waals surface area contributed by atoms with Gasteiger partial charge in [0.2, 0.25) is 0 Å². The zero-order valence-corrected chi connectivity index (χ0v) is 16.3. The molecule has 2 aromatic rings. The van der Waals surface area contributed by atoms with E-state index >= 15 is 0 Å². The Labute approximate surface area is 158 Å². The molecule has 1 N–H and O–H groups in total. The molecule has 1 fully saturated rings. The van der Waals surface area contributed by atoms with Crippen LogP contribution in [0.3, 0.4) is 0 Å². The van der Waals surface area contributed by atoms with Crippen LogP contribution in [0.1, 0.15) is 53.7 Å². The Kier molecular flexibility index (Phi) is 6.27. The van der Waals surface area contributed by atoms with E-state index in [1.807, 2.05) is 43.3 Å². The zero-order valence-electron chi connectivity index (χ0n) is 14.7. The Morgan fingerprint density at radius 1 is 1.08 bits per heavy atom. The fourth-order valence-electron chi connectivity index (χ4n) is 3.32.